The summed E-state index contributed by atoms with van der Waals surface area (Å²) in [5.41, 5.74) is 3.76. The van der Waals surface area contributed by atoms with E-state index in [1.807, 2.05) is 32.9 Å². The summed E-state index contributed by atoms with van der Waals surface area (Å²) >= 11 is 6.91. The minimum atomic E-state index is -3.55. The lowest BCUT2D eigenvalue weighted by Gasteiger charge is -2.34. The molecule has 0 radical (unpaired) electrons. The number of amides is 1. The fraction of sp³-hybridized carbons (Fsp3) is 0.389. The molecule has 0 unspecified atom stereocenters. The number of piperazine rings is 1. The van der Waals surface area contributed by atoms with Crippen molar-refractivity contribution in [3.63, 3.8) is 0 Å². The molecule has 0 N–H and O–H groups in total. The largest absolute Gasteiger partial charge is 0.336 e. The molecule has 2 heterocycles. The van der Waals surface area contributed by atoms with E-state index in [0.717, 1.165) is 33.6 Å². The number of sulfonamides is 1. The lowest BCUT2D eigenvalue weighted by atomic mass is 9.98. The first-order valence-corrected chi connectivity index (χ1v) is 11.0. The Morgan fingerprint density at radius 2 is 1.62 bits per heavy atom. The van der Waals surface area contributed by atoms with Crippen LogP contribution in [0.4, 0.5) is 0 Å². The van der Waals surface area contributed by atoms with Gasteiger partial charge in [-0.05, 0) is 44.0 Å². The maximum absolute atomic E-state index is 12.9. The van der Waals surface area contributed by atoms with Gasteiger partial charge in [-0.3, -0.25) is 4.79 Å². The molecule has 0 spiro atoms. The van der Waals surface area contributed by atoms with Crippen molar-refractivity contribution in [2.75, 3.05) is 26.2 Å². The molecule has 2 aromatic rings. The standard InChI is InChI=1S/C18H21ClN2O3S2/c1-12-10-13(2)17(14(3)11-12)18(22)20-6-8-21(9-7-20)26(23,24)16-5-4-15(19)25-16/h4-5,10-11H,6-9H2,1-3H3. The number of hydrogen-bond donors (Lipinski definition) is 0. The average Bonchev–Trinajstić information content (AvgIpc) is 3.01. The minimum Gasteiger partial charge on any atom is -0.336 e. The molecular formula is C18H21ClN2O3S2. The van der Waals surface area contributed by atoms with E-state index in [-0.39, 0.29) is 23.2 Å². The zero-order valence-corrected chi connectivity index (χ0v) is 17.3. The molecule has 26 heavy (non-hydrogen) atoms. The van der Waals surface area contributed by atoms with Gasteiger partial charge in [0.1, 0.15) is 4.21 Å². The maximum Gasteiger partial charge on any atom is 0.254 e. The highest BCUT2D eigenvalue weighted by Gasteiger charge is 2.32. The Morgan fingerprint density at radius 3 is 2.12 bits per heavy atom. The second-order valence-electron chi connectivity index (χ2n) is 6.53. The number of hydrogen-bond acceptors (Lipinski definition) is 4. The third-order valence-corrected chi connectivity index (χ3v) is 8.16. The summed E-state index contributed by atoms with van der Waals surface area (Å²) in [7, 11) is -3.55. The molecule has 5 nitrogen and oxygen atoms in total. The molecule has 140 valence electrons. The highest BCUT2D eigenvalue weighted by atomic mass is 35.5. The van der Waals surface area contributed by atoms with E-state index >= 15 is 0 Å². The second kappa shape index (κ2) is 7.31. The summed E-state index contributed by atoms with van der Waals surface area (Å²) < 4.78 is 27.4. The van der Waals surface area contributed by atoms with Gasteiger partial charge in [0.15, 0.2) is 0 Å². The van der Waals surface area contributed by atoms with Gasteiger partial charge in [0.2, 0.25) is 0 Å². The van der Waals surface area contributed by atoms with E-state index in [1.165, 1.54) is 10.4 Å². The van der Waals surface area contributed by atoms with Gasteiger partial charge < -0.3 is 4.90 Å². The molecule has 1 saturated heterocycles. The van der Waals surface area contributed by atoms with Crippen molar-refractivity contribution in [3.8, 4) is 0 Å². The molecule has 1 aromatic carbocycles. The zero-order chi connectivity index (χ0) is 19.1. The van der Waals surface area contributed by atoms with Crippen LogP contribution in [0.15, 0.2) is 28.5 Å². The third kappa shape index (κ3) is 3.67. The van der Waals surface area contributed by atoms with Crippen LogP contribution in [0.25, 0.3) is 0 Å². The van der Waals surface area contributed by atoms with E-state index in [1.54, 1.807) is 11.0 Å². The fourth-order valence-corrected chi connectivity index (χ4v) is 6.43. The van der Waals surface area contributed by atoms with Crippen molar-refractivity contribution in [1.29, 1.82) is 0 Å². The minimum absolute atomic E-state index is 0.0313. The highest BCUT2D eigenvalue weighted by Crippen LogP contribution is 2.29. The van der Waals surface area contributed by atoms with E-state index < -0.39 is 10.0 Å². The van der Waals surface area contributed by atoms with Crippen LogP contribution in [0.5, 0.6) is 0 Å². The first-order valence-electron chi connectivity index (χ1n) is 8.33. The number of benzene rings is 1. The molecule has 0 atom stereocenters. The van der Waals surface area contributed by atoms with Gasteiger partial charge in [-0.2, -0.15) is 4.31 Å². The summed E-state index contributed by atoms with van der Waals surface area (Å²) in [6, 6.07) is 7.11. The first-order chi connectivity index (χ1) is 12.2. The van der Waals surface area contributed by atoms with E-state index in [2.05, 4.69) is 0 Å². The highest BCUT2D eigenvalue weighted by molar-refractivity contribution is 7.91. The van der Waals surface area contributed by atoms with Crippen molar-refractivity contribution >= 4 is 38.9 Å². The number of nitrogens with zero attached hydrogens (tertiary/aromatic N) is 2. The predicted octanol–water partition coefficient (Wildman–Crippen LogP) is 3.47. The molecule has 1 fully saturated rings. The second-order valence-corrected chi connectivity index (χ2v) is 10.4. The van der Waals surface area contributed by atoms with Crippen LogP contribution in [0.3, 0.4) is 0 Å². The Kier molecular flexibility index (Phi) is 5.44. The van der Waals surface area contributed by atoms with Crippen LogP contribution >= 0.6 is 22.9 Å². The Labute approximate surface area is 163 Å². The van der Waals surface area contributed by atoms with Crippen molar-refractivity contribution in [2.24, 2.45) is 0 Å². The van der Waals surface area contributed by atoms with E-state index in [0.29, 0.717) is 17.4 Å². The number of carbonyl (C=O) groups excluding carboxylic acids is 1. The Hall–Kier alpha value is -1.41. The average molecular weight is 413 g/mol. The van der Waals surface area contributed by atoms with Gasteiger partial charge in [-0.25, -0.2) is 8.42 Å². The fourth-order valence-electron chi connectivity index (χ4n) is 3.37. The van der Waals surface area contributed by atoms with Gasteiger partial charge in [-0.15, -0.1) is 11.3 Å². The van der Waals surface area contributed by atoms with Crippen LogP contribution in [-0.4, -0.2) is 49.7 Å². The lowest BCUT2D eigenvalue weighted by Crippen LogP contribution is -2.50. The van der Waals surface area contributed by atoms with E-state index in [4.69, 9.17) is 11.6 Å². The molecular weight excluding hydrogens is 392 g/mol. The lowest BCUT2D eigenvalue weighted by molar-refractivity contribution is 0.0696. The molecule has 0 saturated carbocycles. The van der Waals surface area contributed by atoms with Gasteiger partial charge in [0.05, 0.1) is 4.34 Å². The van der Waals surface area contributed by atoms with Crippen molar-refractivity contribution in [2.45, 2.75) is 25.0 Å². The monoisotopic (exact) mass is 412 g/mol. The first kappa shape index (κ1) is 19.4. The summed E-state index contributed by atoms with van der Waals surface area (Å²) in [6.45, 7) is 7.21. The number of thiophene rings is 1. The van der Waals surface area contributed by atoms with Crippen molar-refractivity contribution in [3.05, 3.63) is 50.9 Å². The van der Waals surface area contributed by atoms with Crippen LogP contribution in [0, 0.1) is 20.8 Å². The van der Waals surface area contributed by atoms with Crippen LogP contribution in [0.1, 0.15) is 27.0 Å². The summed E-state index contributed by atoms with van der Waals surface area (Å²) in [5.74, 6) is -0.0313. The zero-order valence-electron chi connectivity index (χ0n) is 15.0. The number of halogens is 1. The number of aryl methyl sites for hydroxylation is 3. The number of carbonyl (C=O) groups is 1. The van der Waals surface area contributed by atoms with Crippen LogP contribution < -0.4 is 0 Å². The molecule has 0 aliphatic carbocycles. The topological polar surface area (TPSA) is 57.7 Å². The smallest absolute Gasteiger partial charge is 0.254 e. The molecule has 8 heteroatoms. The molecule has 3 rings (SSSR count). The molecule has 1 aliphatic rings. The predicted molar refractivity (Wildman–Crippen MR) is 105 cm³/mol. The summed E-state index contributed by atoms with van der Waals surface area (Å²) in [6.07, 6.45) is 0. The van der Waals surface area contributed by atoms with Crippen LogP contribution in [0.2, 0.25) is 4.34 Å². The molecule has 1 aliphatic heterocycles. The van der Waals surface area contributed by atoms with Crippen molar-refractivity contribution < 1.29 is 13.2 Å². The van der Waals surface area contributed by atoms with Gasteiger partial charge in [0.25, 0.3) is 15.9 Å². The summed E-state index contributed by atoms with van der Waals surface area (Å²) in [4.78, 5) is 14.7. The molecule has 1 amide bonds. The normalized spacial score (nSPS) is 16.1. The molecule has 0 bridgehead atoms. The Bertz CT molecular complexity index is 922. The van der Waals surface area contributed by atoms with Gasteiger partial charge in [0, 0.05) is 31.7 Å². The molecule has 1 aromatic heterocycles. The maximum atomic E-state index is 12.9. The number of rotatable bonds is 3. The van der Waals surface area contributed by atoms with Gasteiger partial charge >= 0.3 is 0 Å². The quantitative estimate of drug-likeness (QED) is 0.775. The Balaban J connectivity index is 1.74. The Morgan fingerprint density at radius 1 is 1.04 bits per heavy atom. The van der Waals surface area contributed by atoms with Gasteiger partial charge in [-0.1, -0.05) is 29.3 Å². The third-order valence-electron chi connectivity index (χ3n) is 4.56. The van der Waals surface area contributed by atoms with E-state index in [9.17, 15) is 13.2 Å². The van der Waals surface area contributed by atoms with Crippen molar-refractivity contribution in [1.82, 2.24) is 9.21 Å². The van der Waals surface area contributed by atoms with Crippen LogP contribution in [-0.2, 0) is 10.0 Å². The summed E-state index contributed by atoms with van der Waals surface area (Å²) in [5, 5.41) is 0. The SMILES string of the molecule is Cc1cc(C)c(C(=O)N2CCN(S(=O)(=O)c3ccc(Cl)s3)CC2)c(C)c1.